The van der Waals surface area contributed by atoms with Crippen LogP contribution in [0.4, 0.5) is 0 Å². The summed E-state index contributed by atoms with van der Waals surface area (Å²) in [6, 6.07) is 12.4. The number of hydrogen-bond acceptors (Lipinski definition) is 4. The van der Waals surface area contributed by atoms with E-state index in [-0.39, 0.29) is 5.97 Å². The molecule has 0 aliphatic rings. The Morgan fingerprint density at radius 3 is 2.85 bits per heavy atom. The number of methoxy groups -OCH3 is 1. The highest BCUT2D eigenvalue weighted by Crippen LogP contribution is 2.15. The fourth-order valence-corrected chi connectivity index (χ4v) is 2.80. The molecule has 0 amide bonds. The summed E-state index contributed by atoms with van der Waals surface area (Å²) >= 11 is 1.58. The summed E-state index contributed by atoms with van der Waals surface area (Å²) in [7, 11) is 1.40. The van der Waals surface area contributed by atoms with Gasteiger partial charge in [-0.25, -0.2) is 4.79 Å². The third kappa shape index (κ3) is 4.47. The molecule has 0 saturated heterocycles. The van der Waals surface area contributed by atoms with Gasteiger partial charge in [-0.1, -0.05) is 30.3 Å². The van der Waals surface area contributed by atoms with Crippen LogP contribution in [-0.4, -0.2) is 19.6 Å². The molecule has 2 rings (SSSR count). The molecule has 106 valence electrons. The average Bonchev–Trinajstić information content (AvgIpc) is 2.96. The lowest BCUT2D eigenvalue weighted by Gasteiger charge is -2.03. The molecule has 4 heteroatoms. The topological polar surface area (TPSA) is 38.3 Å². The molecule has 0 saturated carbocycles. The molecule has 3 nitrogen and oxygen atoms in total. The minimum atomic E-state index is -0.267. The number of ether oxygens (including phenoxy) is 1. The predicted molar refractivity (Wildman–Crippen MR) is 82.1 cm³/mol. The highest BCUT2D eigenvalue weighted by Gasteiger charge is 2.07. The van der Waals surface area contributed by atoms with E-state index in [0.29, 0.717) is 5.56 Å². The summed E-state index contributed by atoms with van der Waals surface area (Å²) < 4.78 is 4.69. The van der Waals surface area contributed by atoms with Crippen LogP contribution in [0, 0.1) is 0 Å². The number of thiophene rings is 1. The van der Waals surface area contributed by atoms with Crippen LogP contribution < -0.4 is 5.32 Å². The Kier molecular flexibility index (Phi) is 5.77. The molecule has 1 heterocycles. The van der Waals surface area contributed by atoms with Crippen molar-refractivity contribution in [2.24, 2.45) is 0 Å². The summed E-state index contributed by atoms with van der Waals surface area (Å²) in [5.74, 6) is -0.267. The molecule has 0 atom stereocenters. The molecule has 0 unspecified atom stereocenters. The first-order valence-corrected chi connectivity index (χ1v) is 7.58. The van der Waals surface area contributed by atoms with Crippen molar-refractivity contribution in [3.05, 3.63) is 57.8 Å². The van der Waals surface area contributed by atoms with Crippen molar-refractivity contribution in [2.75, 3.05) is 13.7 Å². The number of carbonyl (C=O) groups excluding carboxylic acids is 1. The molecule has 0 fully saturated rings. The van der Waals surface area contributed by atoms with Crippen molar-refractivity contribution >= 4 is 17.3 Å². The van der Waals surface area contributed by atoms with Gasteiger partial charge in [0.2, 0.25) is 0 Å². The standard InChI is InChI=1S/C16H19NO2S/c1-19-16(18)14-10-15(20-12-14)11-17-9-5-8-13-6-3-2-4-7-13/h2-4,6-7,10,12,17H,5,8-9,11H2,1H3. The first kappa shape index (κ1) is 14.8. The molecule has 1 N–H and O–H groups in total. The largest absolute Gasteiger partial charge is 0.465 e. The van der Waals surface area contributed by atoms with E-state index < -0.39 is 0 Å². The minimum Gasteiger partial charge on any atom is -0.465 e. The van der Waals surface area contributed by atoms with Gasteiger partial charge in [-0.05, 0) is 31.0 Å². The number of hydrogen-bond donors (Lipinski definition) is 1. The van der Waals surface area contributed by atoms with E-state index in [9.17, 15) is 4.79 Å². The van der Waals surface area contributed by atoms with E-state index in [4.69, 9.17) is 0 Å². The van der Waals surface area contributed by atoms with Crippen molar-refractivity contribution in [3.8, 4) is 0 Å². The molecule has 0 spiro atoms. The first-order valence-electron chi connectivity index (χ1n) is 6.70. The normalized spacial score (nSPS) is 10.4. The summed E-state index contributed by atoms with van der Waals surface area (Å²) in [5.41, 5.74) is 2.01. The number of aryl methyl sites for hydroxylation is 1. The van der Waals surface area contributed by atoms with E-state index in [1.807, 2.05) is 17.5 Å². The van der Waals surface area contributed by atoms with Crippen LogP contribution >= 0.6 is 11.3 Å². The highest BCUT2D eigenvalue weighted by molar-refractivity contribution is 7.10. The molecule has 0 bridgehead atoms. The molecule has 0 radical (unpaired) electrons. The number of rotatable bonds is 7. The van der Waals surface area contributed by atoms with E-state index >= 15 is 0 Å². The Morgan fingerprint density at radius 2 is 2.10 bits per heavy atom. The Balaban J connectivity index is 1.66. The number of carbonyl (C=O) groups is 1. The van der Waals surface area contributed by atoms with Gasteiger partial charge in [0.25, 0.3) is 0 Å². The van der Waals surface area contributed by atoms with Crippen molar-refractivity contribution < 1.29 is 9.53 Å². The van der Waals surface area contributed by atoms with E-state index in [2.05, 4.69) is 34.3 Å². The van der Waals surface area contributed by atoms with Crippen molar-refractivity contribution in [2.45, 2.75) is 19.4 Å². The molecule has 0 aliphatic carbocycles. The van der Waals surface area contributed by atoms with Crippen LogP contribution in [0.2, 0.25) is 0 Å². The van der Waals surface area contributed by atoms with Crippen LogP contribution in [0.1, 0.15) is 27.2 Å². The summed E-state index contributed by atoms with van der Waals surface area (Å²) in [6.07, 6.45) is 2.20. The second kappa shape index (κ2) is 7.82. The average molecular weight is 289 g/mol. The highest BCUT2D eigenvalue weighted by atomic mass is 32.1. The number of nitrogens with one attached hydrogen (secondary N) is 1. The van der Waals surface area contributed by atoms with Gasteiger partial charge in [-0.15, -0.1) is 11.3 Å². The third-order valence-corrected chi connectivity index (χ3v) is 3.97. The molecule has 1 aromatic heterocycles. The van der Waals surface area contributed by atoms with E-state index in [1.54, 1.807) is 11.3 Å². The fourth-order valence-electron chi connectivity index (χ4n) is 1.97. The van der Waals surface area contributed by atoms with Crippen LogP contribution in [0.15, 0.2) is 41.8 Å². The molecular formula is C16H19NO2S. The van der Waals surface area contributed by atoms with E-state index in [0.717, 1.165) is 30.8 Å². The smallest absolute Gasteiger partial charge is 0.338 e. The SMILES string of the molecule is COC(=O)c1csc(CNCCCc2ccccc2)c1. The van der Waals surface area contributed by atoms with E-state index in [1.165, 1.54) is 12.7 Å². The number of benzene rings is 1. The lowest BCUT2D eigenvalue weighted by Crippen LogP contribution is -2.14. The van der Waals surface area contributed by atoms with Crippen molar-refractivity contribution in [3.63, 3.8) is 0 Å². The maximum Gasteiger partial charge on any atom is 0.338 e. The third-order valence-electron chi connectivity index (χ3n) is 3.04. The van der Waals surface area contributed by atoms with Crippen LogP contribution in [-0.2, 0) is 17.7 Å². The van der Waals surface area contributed by atoms with Crippen molar-refractivity contribution in [1.82, 2.24) is 5.32 Å². The van der Waals surface area contributed by atoms with Gasteiger partial charge < -0.3 is 10.1 Å². The van der Waals surface area contributed by atoms with Crippen LogP contribution in [0.3, 0.4) is 0 Å². The van der Waals surface area contributed by atoms with Crippen molar-refractivity contribution in [1.29, 1.82) is 0 Å². The molecular weight excluding hydrogens is 270 g/mol. The minimum absolute atomic E-state index is 0.267. The maximum absolute atomic E-state index is 11.3. The Morgan fingerprint density at radius 1 is 1.30 bits per heavy atom. The lowest BCUT2D eigenvalue weighted by molar-refractivity contribution is 0.0601. The fraction of sp³-hybridized carbons (Fsp3) is 0.312. The maximum atomic E-state index is 11.3. The first-order chi connectivity index (χ1) is 9.79. The van der Waals surface area contributed by atoms with Gasteiger partial charge in [0.1, 0.15) is 0 Å². The van der Waals surface area contributed by atoms with Gasteiger partial charge in [-0.2, -0.15) is 0 Å². The second-order valence-corrected chi connectivity index (χ2v) is 5.55. The zero-order valence-electron chi connectivity index (χ0n) is 11.6. The molecule has 20 heavy (non-hydrogen) atoms. The summed E-state index contributed by atoms with van der Waals surface area (Å²) in [5, 5.41) is 5.24. The number of esters is 1. The lowest BCUT2D eigenvalue weighted by atomic mass is 10.1. The van der Waals surface area contributed by atoms with Gasteiger partial charge >= 0.3 is 5.97 Å². The summed E-state index contributed by atoms with van der Waals surface area (Å²) in [4.78, 5) is 12.5. The predicted octanol–water partition coefficient (Wildman–Crippen LogP) is 3.26. The zero-order valence-corrected chi connectivity index (χ0v) is 12.4. The van der Waals surface area contributed by atoms with Crippen LogP contribution in [0.5, 0.6) is 0 Å². The zero-order chi connectivity index (χ0) is 14.2. The van der Waals surface area contributed by atoms with Crippen LogP contribution in [0.25, 0.3) is 0 Å². The van der Waals surface area contributed by atoms with Gasteiger partial charge in [0, 0.05) is 16.8 Å². The molecule has 0 aliphatic heterocycles. The summed E-state index contributed by atoms with van der Waals surface area (Å²) in [6.45, 7) is 1.77. The molecule has 1 aromatic carbocycles. The van der Waals surface area contributed by atoms with Gasteiger partial charge in [0.15, 0.2) is 0 Å². The Bertz CT molecular complexity index is 536. The van der Waals surface area contributed by atoms with Gasteiger partial charge in [0.05, 0.1) is 12.7 Å². The van der Waals surface area contributed by atoms with Gasteiger partial charge in [-0.3, -0.25) is 0 Å². The second-order valence-electron chi connectivity index (χ2n) is 4.56. The quantitative estimate of drug-likeness (QED) is 0.628. The Hall–Kier alpha value is -1.65. The molecule has 2 aromatic rings. The Labute approximate surface area is 123 Å². The monoisotopic (exact) mass is 289 g/mol.